The number of hydrogen-bond acceptors (Lipinski definition) is 2. The molecule has 1 heterocycles. The number of fused-ring (bicyclic) bond motifs is 1. The summed E-state index contributed by atoms with van der Waals surface area (Å²) < 4.78 is 17.8. The van der Waals surface area contributed by atoms with Crippen molar-refractivity contribution in [2.45, 2.75) is 6.42 Å². The van der Waals surface area contributed by atoms with Crippen molar-refractivity contribution >= 4 is 16.9 Å². The third-order valence-electron chi connectivity index (χ3n) is 2.31. The minimum Gasteiger partial charge on any atom is -0.469 e. The Kier molecular flexibility index (Phi) is 2.41. The number of rotatable bonds is 2. The van der Waals surface area contributed by atoms with Crippen LogP contribution in [-0.4, -0.2) is 18.1 Å². The number of carbonyl (C=O) groups is 1. The fourth-order valence-corrected chi connectivity index (χ4v) is 1.55. The summed E-state index contributed by atoms with van der Waals surface area (Å²) in [5, 5.41) is 0.723. The van der Waals surface area contributed by atoms with Gasteiger partial charge in [-0.05, 0) is 11.6 Å². The van der Waals surface area contributed by atoms with Crippen molar-refractivity contribution in [3.05, 3.63) is 35.8 Å². The predicted molar refractivity (Wildman–Crippen MR) is 54.0 cm³/mol. The van der Waals surface area contributed by atoms with Crippen molar-refractivity contribution in [2.24, 2.45) is 0 Å². The molecule has 0 saturated carbocycles. The summed E-state index contributed by atoms with van der Waals surface area (Å²) in [5.41, 5.74) is 1.17. The molecule has 0 amide bonds. The molecule has 0 unspecified atom stereocenters. The normalized spacial score (nSPS) is 10.5. The molecule has 0 radical (unpaired) electrons. The Labute approximate surface area is 85.9 Å². The number of para-hydroxylation sites is 1. The van der Waals surface area contributed by atoms with E-state index < -0.39 is 0 Å². The Hall–Kier alpha value is -1.84. The highest BCUT2D eigenvalue weighted by molar-refractivity contribution is 5.87. The van der Waals surface area contributed by atoms with E-state index in [2.05, 4.69) is 9.72 Å². The monoisotopic (exact) mass is 207 g/mol. The van der Waals surface area contributed by atoms with E-state index in [0.717, 1.165) is 10.9 Å². The first-order chi connectivity index (χ1) is 7.22. The topological polar surface area (TPSA) is 42.1 Å². The molecule has 15 heavy (non-hydrogen) atoms. The molecule has 0 aliphatic heterocycles. The van der Waals surface area contributed by atoms with Gasteiger partial charge in [-0.2, -0.15) is 0 Å². The Bertz CT molecular complexity index is 504. The molecule has 0 aliphatic carbocycles. The van der Waals surface area contributed by atoms with E-state index in [0.29, 0.717) is 5.52 Å². The van der Waals surface area contributed by atoms with Gasteiger partial charge in [-0.3, -0.25) is 4.79 Å². The third kappa shape index (κ3) is 1.70. The van der Waals surface area contributed by atoms with Crippen molar-refractivity contribution in [2.75, 3.05) is 7.11 Å². The molecule has 0 fully saturated rings. The van der Waals surface area contributed by atoms with Crippen molar-refractivity contribution in [3.8, 4) is 0 Å². The first-order valence-corrected chi connectivity index (χ1v) is 4.53. The highest BCUT2D eigenvalue weighted by Gasteiger charge is 2.10. The number of benzene rings is 1. The van der Waals surface area contributed by atoms with Crippen molar-refractivity contribution in [3.63, 3.8) is 0 Å². The summed E-state index contributed by atoms with van der Waals surface area (Å²) in [7, 11) is 1.33. The molecular formula is C11H10FNO2. The number of aromatic amines is 1. The second-order valence-electron chi connectivity index (χ2n) is 3.23. The van der Waals surface area contributed by atoms with Gasteiger partial charge < -0.3 is 9.72 Å². The summed E-state index contributed by atoms with van der Waals surface area (Å²) in [6.07, 6.45) is 1.78. The van der Waals surface area contributed by atoms with E-state index in [9.17, 15) is 9.18 Å². The second kappa shape index (κ2) is 3.73. The van der Waals surface area contributed by atoms with Gasteiger partial charge in [0, 0.05) is 11.6 Å². The summed E-state index contributed by atoms with van der Waals surface area (Å²) >= 11 is 0. The van der Waals surface area contributed by atoms with Crippen molar-refractivity contribution in [1.82, 2.24) is 4.98 Å². The van der Waals surface area contributed by atoms with Crippen molar-refractivity contribution in [1.29, 1.82) is 0 Å². The first kappa shape index (κ1) is 9.71. The van der Waals surface area contributed by atoms with Crippen LogP contribution in [0.1, 0.15) is 5.56 Å². The number of halogens is 1. The average Bonchev–Trinajstić information content (AvgIpc) is 2.63. The molecule has 1 N–H and O–H groups in total. The minimum absolute atomic E-state index is 0.153. The number of H-pyrrole nitrogens is 1. The zero-order valence-electron chi connectivity index (χ0n) is 8.21. The molecule has 78 valence electrons. The largest absolute Gasteiger partial charge is 0.469 e. The van der Waals surface area contributed by atoms with Gasteiger partial charge in [0.1, 0.15) is 5.82 Å². The summed E-state index contributed by atoms with van der Waals surface area (Å²) in [6.45, 7) is 0. The minimum atomic E-state index is -0.333. The standard InChI is InChI=1S/C11H10FNO2/c1-15-10(14)5-7-6-13-11-8(7)3-2-4-9(11)12/h2-4,6,13H,5H2,1H3. The second-order valence-corrected chi connectivity index (χ2v) is 3.23. The maximum atomic E-state index is 13.3. The number of ether oxygens (including phenoxy) is 1. The van der Waals surface area contributed by atoms with Gasteiger partial charge in [0.05, 0.1) is 19.0 Å². The molecule has 3 nitrogen and oxygen atoms in total. The Morgan fingerprint density at radius 3 is 3.07 bits per heavy atom. The van der Waals surface area contributed by atoms with E-state index in [-0.39, 0.29) is 18.2 Å². The molecule has 0 aliphatic rings. The van der Waals surface area contributed by atoms with E-state index >= 15 is 0 Å². The van der Waals surface area contributed by atoms with Gasteiger partial charge in [-0.1, -0.05) is 12.1 Å². The summed E-state index contributed by atoms with van der Waals surface area (Å²) in [4.78, 5) is 13.9. The van der Waals surface area contributed by atoms with Crippen LogP contribution in [0.2, 0.25) is 0 Å². The van der Waals surface area contributed by atoms with Gasteiger partial charge in [0.15, 0.2) is 0 Å². The van der Waals surface area contributed by atoms with Crippen LogP contribution in [0.25, 0.3) is 10.9 Å². The lowest BCUT2D eigenvalue weighted by atomic mass is 10.1. The average molecular weight is 207 g/mol. The van der Waals surface area contributed by atoms with Crippen LogP contribution in [0.3, 0.4) is 0 Å². The van der Waals surface area contributed by atoms with Gasteiger partial charge in [0.2, 0.25) is 0 Å². The maximum Gasteiger partial charge on any atom is 0.310 e. The summed E-state index contributed by atoms with van der Waals surface area (Å²) in [6, 6.07) is 4.76. The van der Waals surface area contributed by atoms with E-state index in [4.69, 9.17) is 0 Å². The highest BCUT2D eigenvalue weighted by atomic mass is 19.1. The zero-order valence-corrected chi connectivity index (χ0v) is 8.21. The SMILES string of the molecule is COC(=O)Cc1c[nH]c2c(F)cccc12. The number of carbonyl (C=O) groups excluding carboxylic acids is 1. The van der Waals surface area contributed by atoms with Crippen LogP contribution in [0.4, 0.5) is 4.39 Å². The Morgan fingerprint density at radius 1 is 1.53 bits per heavy atom. The quantitative estimate of drug-likeness (QED) is 0.765. The fourth-order valence-electron chi connectivity index (χ4n) is 1.55. The van der Waals surface area contributed by atoms with E-state index in [1.54, 1.807) is 18.3 Å². The predicted octanol–water partition coefficient (Wildman–Crippen LogP) is 2.02. The van der Waals surface area contributed by atoms with Crippen LogP contribution in [0.5, 0.6) is 0 Å². The molecule has 1 aromatic heterocycles. The molecule has 0 atom stereocenters. The lowest BCUT2D eigenvalue weighted by molar-refractivity contribution is -0.139. The molecule has 0 bridgehead atoms. The van der Waals surface area contributed by atoms with Gasteiger partial charge >= 0.3 is 5.97 Å². The van der Waals surface area contributed by atoms with Crippen LogP contribution in [-0.2, 0) is 16.0 Å². The number of esters is 1. The highest BCUT2D eigenvalue weighted by Crippen LogP contribution is 2.21. The Morgan fingerprint density at radius 2 is 2.33 bits per heavy atom. The molecule has 2 rings (SSSR count). The van der Waals surface area contributed by atoms with Crippen LogP contribution >= 0.6 is 0 Å². The fraction of sp³-hybridized carbons (Fsp3) is 0.182. The smallest absolute Gasteiger partial charge is 0.310 e. The van der Waals surface area contributed by atoms with E-state index in [1.807, 2.05) is 0 Å². The first-order valence-electron chi connectivity index (χ1n) is 4.53. The lowest BCUT2D eigenvalue weighted by Gasteiger charge is -1.97. The number of aromatic nitrogens is 1. The molecular weight excluding hydrogens is 197 g/mol. The molecule has 0 spiro atoms. The lowest BCUT2D eigenvalue weighted by Crippen LogP contribution is -2.03. The molecule has 2 aromatic rings. The third-order valence-corrected chi connectivity index (χ3v) is 2.31. The van der Waals surface area contributed by atoms with Crippen molar-refractivity contribution < 1.29 is 13.9 Å². The van der Waals surface area contributed by atoms with Crippen LogP contribution in [0, 0.1) is 5.82 Å². The van der Waals surface area contributed by atoms with Crippen LogP contribution in [0.15, 0.2) is 24.4 Å². The summed E-state index contributed by atoms with van der Waals surface area (Å²) in [5.74, 6) is -0.649. The van der Waals surface area contributed by atoms with Gasteiger partial charge in [0.25, 0.3) is 0 Å². The maximum absolute atomic E-state index is 13.3. The number of methoxy groups -OCH3 is 1. The van der Waals surface area contributed by atoms with E-state index in [1.165, 1.54) is 13.2 Å². The van der Waals surface area contributed by atoms with Gasteiger partial charge in [-0.15, -0.1) is 0 Å². The van der Waals surface area contributed by atoms with Gasteiger partial charge in [-0.25, -0.2) is 4.39 Å². The number of hydrogen-bond donors (Lipinski definition) is 1. The Balaban J connectivity index is 2.45. The molecule has 4 heteroatoms. The molecule has 0 saturated heterocycles. The number of nitrogens with one attached hydrogen (secondary N) is 1. The molecule has 1 aromatic carbocycles. The zero-order chi connectivity index (χ0) is 10.8. The van der Waals surface area contributed by atoms with Crippen LogP contribution < -0.4 is 0 Å².